The van der Waals surface area contributed by atoms with Gasteiger partial charge in [0.15, 0.2) is 0 Å². The predicted molar refractivity (Wildman–Crippen MR) is 55.8 cm³/mol. The molecule has 14 heavy (non-hydrogen) atoms. The van der Waals surface area contributed by atoms with Crippen molar-refractivity contribution in [1.82, 2.24) is 0 Å². The Hall–Kier alpha value is -0.850. The minimum Gasteiger partial charge on any atom is -0.299 e. The van der Waals surface area contributed by atoms with Crippen LogP contribution in [-0.2, 0) is 4.79 Å². The van der Waals surface area contributed by atoms with Crippen LogP contribution in [0.1, 0.15) is 33.1 Å². The maximum atomic E-state index is 11.6. The zero-order chi connectivity index (χ0) is 9.92. The van der Waals surface area contributed by atoms with Crippen molar-refractivity contribution in [2.75, 3.05) is 0 Å². The minimum absolute atomic E-state index is 0.272. The van der Waals surface area contributed by atoms with Crippen molar-refractivity contribution in [3.63, 3.8) is 0 Å². The summed E-state index contributed by atoms with van der Waals surface area (Å²) in [5.74, 6) is 1.40. The molecular formula is C13H16O. The van der Waals surface area contributed by atoms with Gasteiger partial charge in [0.05, 0.1) is 0 Å². The van der Waals surface area contributed by atoms with E-state index in [0.29, 0.717) is 17.1 Å². The number of ketones is 1. The van der Waals surface area contributed by atoms with E-state index in [1.54, 1.807) is 5.57 Å². The van der Waals surface area contributed by atoms with Gasteiger partial charge in [0, 0.05) is 12.3 Å². The monoisotopic (exact) mass is 188 g/mol. The SMILES string of the molecule is CC1=C2CC=C[C@H]2C[C@]2(C)CC(=O)[C@H]12. The van der Waals surface area contributed by atoms with Crippen LogP contribution in [0, 0.1) is 17.3 Å². The lowest BCUT2D eigenvalue weighted by Crippen LogP contribution is -2.50. The van der Waals surface area contributed by atoms with Crippen LogP contribution in [0.25, 0.3) is 0 Å². The molecule has 0 bridgehead atoms. The van der Waals surface area contributed by atoms with E-state index in [1.807, 2.05) is 0 Å². The molecule has 0 radical (unpaired) electrons. The van der Waals surface area contributed by atoms with E-state index in [9.17, 15) is 4.79 Å². The van der Waals surface area contributed by atoms with Crippen molar-refractivity contribution in [3.8, 4) is 0 Å². The van der Waals surface area contributed by atoms with Gasteiger partial charge in [-0.3, -0.25) is 4.79 Å². The lowest BCUT2D eigenvalue weighted by atomic mass is 9.51. The summed E-state index contributed by atoms with van der Waals surface area (Å²) in [7, 11) is 0. The van der Waals surface area contributed by atoms with Gasteiger partial charge in [-0.15, -0.1) is 0 Å². The van der Waals surface area contributed by atoms with Gasteiger partial charge in [-0.05, 0) is 31.1 Å². The molecule has 3 aliphatic rings. The van der Waals surface area contributed by atoms with Crippen LogP contribution in [-0.4, -0.2) is 5.78 Å². The normalized spacial score (nSPS) is 44.9. The number of carbonyl (C=O) groups excluding carboxylic acids is 1. The molecule has 0 unspecified atom stereocenters. The Bertz CT molecular complexity index is 375. The summed E-state index contributed by atoms with van der Waals surface area (Å²) in [6, 6.07) is 0. The van der Waals surface area contributed by atoms with Gasteiger partial charge in [-0.25, -0.2) is 0 Å². The zero-order valence-corrected chi connectivity index (χ0v) is 8.84. The smallest absolute Gasteiger partial charge is 0.141 e. The van der Waals surface area contributed by atoms with Gasteiger partial charge in [0.25, 0.3) is 0 Å². The van der Waals surface area contributed by atoms with Gasteiger partial charge >= 0.3 is 0 Å². The Morgan fingerprint density at radius 3 is 3.00 bits per heavy atom. The average molecular weight is 188 g/mol. The van der Waals surface area contributed by atoms with Crippen LogP contribution in [0.2, 0.25) is 0 Å². The highest BCUT2D eigenvalue weighted by molar-refractivity contribution is 5.92. The fraction of sp³-hybridized carbons (Fsp3) is 0.615. The molecule has 0 saturated heterocycles. The molecule has 0 spiro atoms. The fourth-order valence-corrected chi connectivity index (χ4v) is 3.77. The second-order valence-electron chi connectivity index (χ2n) is 5.38. The summed E-state index contributed by atoms with van der Waals surface area (Å²) < 4.78 is 0. The Morgan fingerprint density at radius 2 is 2.29 bits per heavy atom. The van der Waals surface area contributed by atoms with E-state index in [0.717, 1.165) is 12.8 Å². The first kappa shape index (κ1) is 8.46. The molecule has 1 fully saturated rings. The third-order valence-corrected chi connectivity index (χ3v) is 4.38. The highest BCUT2D eigenvalue weighted by atomic mass is 16.1. The zero-order valence-electron chi connectivity index (χ0n) is 8.84. The quantitative estimate of drug-likeness (QED) is 0.534. The fourth-order valence-electron chi connectivity index (χ4n) is 3.77. The Balaban J connectivity index is 2.08. The van der Waals surface area contributed by atoms with E-state index < -0.39 is 0 Å². The average Bonchev–Trinajstić information content (AvgIpc) is 2.49. The summed E-state index contributed by atoms with van der Waals surface area (Å²) in [4.78, 5) is 11.6. The van der Waals surface area contributed by atoms with Crippen LogP contribution in [0.15, 0.2) is 23.3 Å². The lowest BCUT2D eigenvalue weighted by Gasteiger charge is -2.51. The summed E-state index contributed by atoms with van der Waals surface area (Å²) in [5.41, 5.74) is 3.23. The second kappa shape index (κ2) is 2.39. The maximum absolute atomic E-state index is 11.6. The molecule has 0 aromatic heterocycles. The van der Waals surface area contributed by atoms with Crippen molar-refractivity contribution >= 4 is 5.78 Å². The summed E-state index contributed by atoms with van der Waals surface area (Å²) in [6.07, 6.45) is 7.71. The van der Waals surface area contributed by atoms with Crippen molar-refractivity contribution in [2.24, 2.45) is 17.3 Å². The number of Topliss-reactive ketones (excluding diaryl/α,β-unsaturated/α-hetero) is 1. The molecule has 0 heterocycles. The Kier molecular flexibility index (Phi) is 1.44. The van der Waals surface area contributed by atoms with Gasteiger partial charge < -0.3 is 0 Å². The molecule has 1 heteroatoms. The molecule has 0 N–H and O–H groups in total. The molecule has 3 aliphatic carbocycles. The second-order valence-corrected chi connectivity index (χ2v) is 5.38. The minimum atomic E-state index is 0.272. The summed E-state index contributed by atoms with van der Waals surface area (Å²) in [6.45, 7) is 4.46. The first-order valence-electron chi connectivity index (χ1n) is 5.51. The first-order chi connectivity index (χ1) is 6.62. The largest absolute Gasteiger partial charge is 0.299 e. The van der Waals surface area contributed by atoms with E-state index in [1.165, 1.54) is 12.0 Å². The molecule has 0 aromatic rings. The molecule has 0 amide bonds. The van der Waals surface area contributed by atoms with Gasteiger partial charge in [0.1, 0.15) is 5.78 Å². The number of hydrogen-bond acceptors (Lipinski definition) is 1. The number of fused-ring (bicyclic) bond motifs is 2. The molecule has 1 nitrogen and oxygen atoms in total. The van der Waals surface area contributed by atoms with Gasteiger partial charge in [-0.2, -0.15) is 0 Å². The van der Waals surface area contributed by atoms with Gasteiger partial charge in [0.2, 0.25) is 0 Å². The molecular weight excluding hydrogens is 172 g/mol. The number of rotatable bonds is 0. The predicted octanol–water partition coefficient (Wildman–Crippen LogP) is 2.88. The number of allylic oxidation sites excluding steroid dienone is 4. The van der Waals surface area contributed by atoms with E-state index in [-0.39, 0.29) is 5.92 Å². The van der Waals surface area contributed by atoms with Crippen molar-refractivity contribution < 1.29 is 4.79 Å². The van der Waals surface area contributed by atoms with Crippen LogP contribution < -0.4 is 0 Å². The maximum Gasteiger partial charge on any atom is 0.141 e. The van der Waals surface area contributed by atoms with Crippen molar-refractivity contribution in [1.29, 1.82) is 0 Å². The molecule has 0 aromatic carbocycles. The molecule has 0 aliphatic heterocycles. The van der Waals surface area contributed by atoms with Crippen LogP contribution in [0.5, 0.6) is 0 Å². The third-order valence-electron chi connectivity index (χ3n) is 4.38. The van der Waals surface area contributed by atoms with E-state index in [4.69, 9.17) is 0 Å². The molecule has 74 valence electrons. The first-order valence-corrected chi connectivity index (χ1v) is 5.51. The van der Waals surface area contributed by atoms with Crippen molar-refractivity contribution in [3.05, 3.63) is 23.3 Å². The summed E-state index contributed by atoms with van der Waals surface area (Å²) in [5, 5.41) is 0. The molecule has 1 saturated carbocycles. The standard InChI is InChI=1S/C13H16O/c1-8-10-5-3-4-9(10)6-13(2)7-11(14)12(8)13/h3-4,9,12H,5-7H2,1-2H3/t9-,12-,13+/m0/s1. The Labute approximate surface area is 84.9 Å². The molecule has 3 atom stereocenters. The highest BCUT2D eigenvalue weighted by Crippen LogP contribution is 2.58. The Morgan fingerprint density at radius 1 is 1.50 bits per heavy atom. The molecule has 3 rings (SSSR count). The van der Waals surface area contributed by atoms with Crippen LogP contribution >= 0.6 is 0 Å². The van der Waals surface area contributed by atoms with Crippen LogP contribution in [0.4, 0.5) is 0 Å². The topological polar surface area (TPSA) is 17.1 Å². The van der Waals surface area contributed by atoms with E-state index >= 15 is 0 Å². The van der Waals surface area contributed by atoms with E-state index in [2.05, 4.69) is 26.0 Å². The van der Waals surface area contributed by atoms with Crippen molar-refractivity contribution in [2.45, 2.75) is 33.1 Å². The van der Waals surface area contributed by atoms with Gasteiger partial charge in [-0.1, -0.05) is 30.2 Å². The van der Waals surface area contributed by atoms with Crippen LogP contribution in [0.3, 0.4) is 0 Å². The number of carbonyl (C=O) groups is 1. The third kappa shape index (κ3) is 0.832. The highest BCUT2D eigenvalue weighted by Gasteiger charge is 2.54. The summed E-state index contributed by atoms with van der Waals surface area (Å²) >= 11 is 0. The number of hydrogen-bond donors (Lipinski definition) is 0. The lowest BCUT2D eigenvalue weighted by molar-refractivity contribution is -0.140.